The van der Waals surface area contributed by atoms with Crippen molar-refractivity contribution in [2.45, 2.75) is 39.9 Å². The van der Waals surface area contributed by atoms with Crippen molar-refractivity contribution in [2.75, 3.05) is 39.6 Å². The molecular formula is C26H34O5. The summed E-state index contributed by atoms with van der Waals surface area (Å²) in [6.45, 7) is 10.4. The maximum atomic E-state index is 5.98. The van der Waals surface area contributed by atoms with Crippen LogP contribution in [0.2, 0.25) is 0 Å². The summed E-state index contributed by atoms with van der Waals surface area (Å²) < 4.78 is 28.5. The molecule has 5 nitrogen and oxygen atoms in total. The zero-order valence-corrected chi connectivity index (χ0v) is 18.7. The van der Waals surface area contributed by atoms with Crippen LogP contribution in [0.4, 0.5) is 0 Å². The van der Waals surface area contributed by atoms with Crippen LogP contribution in [0.3, 0.4) is 0 Å². The molecular weight excluding hydrogens is 392 g/mol. The quantitative estimate of drug-likeness (QED) is 0.457. The van der Waals surface area contributed by atoms with Crippen LogP contribution in [0, 0.1) is 10.8 Å². The Morgan fingerprint density at radius 2 is 1.03 bits per heavy atom. The van der Waals surface area contributed by atoms with E-state index < -0.39 is 0 Å². The highest BCUT2D eigenvalue weighted by Gasteiger charge is 2.37. The van der Waals surface area contributed by atoms with Gasteiger partial charge in [0.2, 0.25) is 0 Å². The van der Waals surface area contributed by atoms with E-state index in [1.807, 2.05) is 24.3 Å². The van der Waals surface area contributed by atoms with Crippen molar-refractivity contribution < 1.29 is 23.7 Å². The SMILES string of the molecule is CCC1(COCc2ccc(Oc3ccc(COCC4(CC)COC4)cc3)cc2)COC1. The van der Waals surface area contributed by atoms with Crippen LogP contribution < -0.4 is 4.74 Å². The molecule has 0 bridgehead atoms. The minimum Gasteiger partial charge on any atom is -0.457 e. The number of ether oxygens (including phenoxy) is 5. The van der Waals surface area contributed by atoms with Crippen molar-refractivity contribution in [3.05, 3.63) is 59.7 Å². The van der Waals surface area contributed by atoms with Crippen molar-refractivity contribution in [3.8, 4) is 11.5 Å². The fourth-order valence-corrected chi connectivity index (χ4v) is 3.77. The minimum absolute atomic E-state index is 0.225. The molecule has 0 amide bonds. The van der Waals surface area contributed by atoms with Gasteiger partial charge in [0.15, 0.2) is 0 Å². The van der Waals surface area contributed by atoms with Crippen LogP contribution in [0.5, 0.6) is 11.5 Å². The van der Waals surface area contributed by atoms with Crippen LogP contribution in [-0.2, 0) is 32.2 Å². The molecule has 2 fully saturated rings. The molecule has 5 heteroatoms. The Kier molecular flexibility index (Phi) is 7.28. The van der Waals surface area contributed by atoms with E-state index in [9.17, 15) is 0 Å². The Hall–Kier alpha value is -1.92. The number of hydrogen-bond donors (Lipinski definition) is 0. The van der Waals surface area contributed by atoms with Gasteiger partial charge in [-0.2, -0.15) is 0 Å². The van der Waals surface area contributed by atoms with Gasteiger partial charge in [0.05, 0.1) is 52.9 Å². The summed E-state index contributed by atoms with van der Waals surface area (Å²) in [5.41, 5.74) is 2.74. The van der Waals surface area contributed by atoms with Gasteiger partial charge in [0.1, 0.15) is 11.5 Å². The van der Waals surface area contributed by atoms with Gasteiger partial charge in [-0.15, -0.1) is 0 Å². The summed E-state index contributed by atoms with van der Waals surface area (Å²) in [4.78, 5) is 0. The third-order valence-electron chi connectivity index (χ3n) is 6.57. The zero-order chi connectivity index (χ0) is 21.6. The van der Waals surface area contributed by atoms with Crippen LogP contribution in [0.1, 0.15) is 37.8 Å². The van der Waals surface area contributed by atoms with Crippen molar-refractivity contribution in [1.82, 2.24) is 0 Å². The molecule has 4 rings (SSSR count). The monoisotopic (exact) mass is 426 g/mol. The maximum absolute atomic E-state index is 5.98. The first-order valence-electron chi connectivity index (χ1n) is 11.3. The summed E-state index contributed by atoms with van der Waals surface area (Å²) in [5, 5.41) is 0. The van der Waals surface area contributed by atoms with Gasteiger partial charge in [0, 0.05) is 10.8 Å². The number of rotatable bonds is 12. The lowest BCUT2D eigenvalue weighted by Gasteiger charge is -2.40. The van der Waals surface area contributed by atoms with Crippen molar-refractivity contribution in [3.63, 3.8) is 0 Å². The predicted octanol–water partition coefficient (Wildman–Crippen LogP) is 5.37. The molecule has 0 aromatic heterocycles. The normalized spacial score (nSPS) is 18.8. The lowest BCUT2D eigenvalue weighted by atomic mass is 9.84. The van der Waals surface area contributed by atoms with Gasteiger partial charge in [-0.3, -0.25) is 0 Å². The lowest BCUT2D eigenvalue weighted by Crippen LogP contribution is -2.45. The molecule has 2 aliphatic heterocycles. The molecule has 2 aliphatic rings. The molecule has 168 valence electrons. The molecule has 2 aromatic rings. The molecule has 31 heavy (non-hydrogen) atoms. The van der Waals surface area contributed by atoms with E-state index in [0.29, 0.717) is 13.2 Å². The molecule has 0 N–H and O–H groups in total. The first-order valence-corrected chi connectivity index (χ1v) is 11.3. The molecule has 0 atom stereocenters. The van der Waals surface area contributed by atoms with Gasteiger partial charge in [-0.05, 0) is 48.2 Å². The van der Waals surface area contributed by atoms with E-state index >= 15 is 0 Å². The Morgan fingerprint density at radius 3 is 1.32 bits per heavy atom. The molecule has 2 heterocycles. The number of benzene rings is 2. The topological polar surface area (TPSA) is 46.2 Å². The fraction of sp³-hybridized carbons (Fsp3) is 0.538. The molecule has 0 aliphatic carbocycles. The van der Waals surface area contributed by atoms with Crippen LogP contribution >= 0.6 is 0 Å². The Balaban J connectivity index is 1.20. The van der Waals surface area contributed by atoms with E-state index in [1.54, 1.807) is 0 Å². The summed E-state index contributed by atoms with van der Waals surface area (Å²) >= 11 is 0. The highest BCUT2D eigenvalue weighted by molar-refractivity contribution is 5.34. The molecule has 0 unspecified atom stereocenters. The van der Waals surface area contributed by atoms with Gasteiger partial charge < -0.3 is 23.7 Å². The first-order chi connectivity index (χ1) is 15.1. The highest BCUT2D eigenvalue weighted by atomic mass is 16.5. The van der Waals surface area contributed by atoms with Crippen LogP contribution in [-0.4, -0.2) is 39.6 Å². The van der Waals surface area contributed by atoms with Crippen molar-refractivity contribution >= 4 is 0 Å². The third-order valence-corrected chi connectivity index (χ3v) is 6.57. The Bertz CT molecular complexity index is 726. The van der Waals surface area contributed by atoms with Crippen LogP contribution in [0.25, 0.3) is 0 Å². The standard InChI is InChI=1S/C26H34O5/c1-3-25(17-29-18-25)15-27-13-21-5-9-23(10-6-21)31-24-11-7-22(8-12-24)14-28-16-26(4-2)19-30-20-26/h5-12H,3-4,13-20H2,1-2H3. The molecule has 2 aromatic carbocycles. The largest absolute Gasteiger partial charge is 0.457 e. The van der Waals surface area contributed by atoms with Crippen LogP contribution in [0.15, 0.2) is 48.5 Å². The van der Waals surface area contributed by atoms with E-state index in [4.69, 9.17) is 23.7 Å². The smallest absolute Gasteiger partial charge is 0.127 e. The van der Waals surface area contributed by atoms with Crippen molar-refractivity contribution in [2.24, 2.45) is 10.8 Å². The maximum Gasteiger partial charge on any atom is 0.127 e. The third kappa shape index (κ3) is 5.66. The predicted molar refractivity (Wildman–Crippen MR) is 119 cm³/mol. The average molecular weight is 427 g/mol. The summed E-state index contributed by atoms with van der Waals surface area (Å²) in [5.74, 6) is 1.64. The second-order valence-electron chi connectivity index (χ2n) is 9.07. The minimum atomic E-state index is 0.225. The van der Waals surface area contributed by atoms with E-state index in [0.717, 1.165) is 75.1 Å². The Morgan fingerprint density at radius 1 is 0.645 bits per heavy atom. The Labute approximate surface area is 185 Å². The second kappa shape index (κ2) is 10.1. The van der Waals surface area contributed by atoms with E-state index in [1.165, 1.54) is 0 Å². The molecule has 2 saturated heterocycles. The summed E-state index contributed by atoms with van der Waals surface area (Å²) in [6.07, 6.45) is 2.19. The van der Waals surface area contributed by atoms with Gasteiger partial charge in [-0.25, -0.2) is 0 Å². The zero-order valence-electron chi connectivity index (χ0n) is 18.7. The first kappa shape index (κ1) is 22.3. The second-order valence-corrected chi connectivity index (χ2v) is 9.07. The summed E-state index contributed by atoms with van der Waals surface area (Å²) in [7, 11) is 0. The highest BCUT2D eigenvalue weighted by Crippen LogP contribution is 2.32. The fourth-order valence-electron chi connectivity index (χ4n) is 3.77. The number of hydrogen-bond acceptors (Lipinski definition) is 5. The van der Waals surface area contributed by atoms with Crippen molar-refractivity contribution in [1.29, 1.82) is 0 Å². The molecule has 0 radical (unpaired) electrons. The van der Waals surface area contributed by atoms with Gasteiger partial charge >= 0.3 is 0 Å². The summed E-state index contributed by atoms with van der Waals surface area (Å²) in [6, 6.07) is 16.2. The molecule has 0 spiro atoms. The van der Waals surface area contributed by atoms with Gasteiger partial charge in [-0.1, -0.05) is 38.1 Å². The van der Waals surface area contributed by atoms with Gasteiger partial charge in [0.25, 0.3) is 0 Å². The lowest BCUT2D eigenvalue weighted by molar-refractivity contribution is -0.152. The molecule has 0 saturated carbocycles. The van der Waals surface area contributed by atoms with E-state index in [2.05, 4.69) is 38.1 Å². The van der Waals surface area contributed by atoms with E-state index in [-0.39, 0.29) is 10.8 Å². The average Bonchev–Trinajstić information content (AvgIpc) is 2.74.